The van der Waals surface area contributed by atoms with Crippen molar-refractivity contribution in [3.05, 3.63) is 70.6 Å². The van der Waals surface area contributed by atoms with Gasteiger partial charge in [0.1, 0.15) is 0 Å². The van der Waals surface area contributed by atoms with E-state index in [9.17, 15) is 14.4 Å². The highest BCUT2D eigenvalue weighted by Crippen LogP contribution is 2.16. The van der Waals surface area contributed by atoms with Gasteiger partial charge in [0.25, 0.3) is 11.5 Å². The number of rotatable bonds is 5. The van der Waals surface area contributed by atoms with Crippen molar-refractivity contribution in [3.63, 3.8) is 0 Å². The van der Waals surface area contributed by atoms with Gasteiger partial charge < -0.3 is 9.64 Å². The number of carbonyl (C=O) groups is 2. The Labute approximate surface area is 162 Å². The number of aryl methyl sites for hydroxylation is 1. The number of aromatic nitrogens is 2. The van der Waals surface area contributed by atoms with Crippen LogP contribution in [0.2, 0.25) is 0 Å². The minimum Gasteiger partial charge on any atom is -0.452 e. The average Bonchev–Trinajstić information content (AvgIpc) is 2.71. The number of amides is 1. The standard InChI is InChI=1S/C21H21N3O4/c1-14(20(26)23(2)15-9-5-4-6-10-15)28-19(25)13-18-16-11-7-8-12-17(16)21(27)24(3)22-18/h4-12,14H,13H2,1-3H3/t14-/m1/s1. The van der Waals surface area contributed by atoms with E-state index >= 15 is 0 Å². The number of nitrogens with zero attached hydrogens (tertiary/aromatic N) is 3. The van der Waals surface area contributed by atoms with Crippen molar-refractivity contribution in [2.45, 2.75) is 19.4 Å². The van der Waals surface area contributed by atoms with Crippen molar-refractivity contribution in [2.24, 2.45) is 7.05 Å². The zero-order valence-electron chi connectivity index (χ0n) is 16.0. The molecule has 0 fully saturated rings. The largest absolute Gasteiger partial charge is 0.452 e. The van der Waals surface area contributed by atoms with E-state index in [1.165, 1.54) is 23.6 Å². The molecule has 0 saturated carbocycles. The monoisotopic (exact) mass is 379 g/mol. The van der Waals surface area contributed by atoms with Crippen LogP contribution < -0.4 is 10.5 Å². The second-order valence-electron chi connectivity index (χ2n) is 6.46. The van der Waals surface area contributed by atoms with Crippen LogP contribution in [0.5, 0.6) is 0 Å². The van der Waals surface area contributed by atoms with Gasteiger partial charge in [-0.3, -0.25) is 14.4 Å². The van der Waals surface area contributed by atoms with Crippen LogP contribution in [0.1, 0.15) is 12.6 Å². The van der Waals surface area contributed by atoms with Gasteiger partial charge in [0.15, 0.2) is 6.10 Å². The molecule has 0 aliphatic carbocycles. The maximum atomic E-state index is 12.5. The number of esters is 1. The number of benzene rings is 2. The summed E-state index contributed by atoms with van der Waals surface area (Å²) in [6.07, 6.45) is -1.09. The zero-order chi connectivity index (χ0) is 20.3. The minimum atomic E-state index is -0.948. The SMILES string of the molecule is C[C@@H](OC(=O)Cc1nn(C)c(=O)c2ccccc12)C(=O)N(C)c1ccccc1. The van der Waals surface area contributed by atoms with E-state index in [0.717, 1.165) is 0 Å². The summed E-state index contributed by atoms with van der Waals surface area (Å²) in [7, 11) is 3.16. The highest BCUT2D eigenvalue weighted by atomic mass is 16.5. The fourth-order valence-corrected chi connectivity index (χ4v) is 2.98. The fraction of sp³-hybridized carbons (Fsp3) is 0.238. The minimum absolute atomic E-state index is 0.138. The van der Waals surface area contributed by atoms with Gasteiger partial charge in [0.05, 0.1) is 17.5 Å². The third kappa shape index (κ3) is 3.93. The summed E-state index contributed by atoms with van der Waals surface area (Å²) in [6, 6.07) is 16.1. The van der Waals surface area contributed by atoms with E-state index in [1.54, 1.807) is 43.4 Å². The predicted molar refractivity (Wildman–Crippen MR) is 106 cm³/mol. The fourth-order valence-electron chi connectivity index (χ4n) is 2.98. The van der Waals surface area contributed by atoms with Crippen LogP contribution >= 0.6 is 0 Å². The number of carbonyl (C=O) groups excluding carboxylic acids is 2. The molecule has 2 aromatic carbocycles. The molecule has 144 valence electrons. The van der Waals surface area contributed by atoms with Gasteiger partial charge in [-0.2, -0.15) is 5.10 Å². The first kappa shape index (κ1) is 19.3. The Hall–Kier alpha value is -3.48. The third-order valence-electron chi connectivity index (χ3n) is 4.47. The Kier molecular flexibility index (Phi) is 5.54. The van der Waals surface area contributed by atoms with Crippen molar-refractivity contribution in [1.29, 1.82) is 0 Å². The van der Waals surface area contributed by atoms with E-state index in [2.05, 4.69) is 5.10 Å². The molecule has 0 bridgehead atoms. The second kappa shape index (κ2) is 8.04. The van der Waals surface area contributed by atoms with Crippen molar-refractivity contribution >= 4 is 28.3 Å². The predicted octanol–water partition coefficient (Wildman–Crippen LogP) is 2.07. The van der Waals surface area contributed by atoms with Crippen LogP contribution in [0.3, 0.4) is 0 Å². The molecular formula is C21H21N3O4. The molecule has 0 N–H and O–H groups in total. The summed E-state index contributed by atoms with van der Waals surface area (Å²) in [6.45, 7) is 1.53. The molecule has 0 aliphatic rings. The molecule has 7 heteroatoms. The normalized spacial score (nSPS) is 11.8. The summed E-state index contributed by atoms with van der Waals surface area (Å²) >= 11 is 0. The molecule has 3 rings (SSSR count). The highest BCUT2D eigenvalue weighted by Gasteiger charge is 2.23. The first-order valence-corrected chi connectivity index (χ1v) is 8.85. The van der Waals surface area contributed by atoms with E-state index in [4.69, 9.17) is 4.74 Å². The van der Waals surface area contributed by atoms with Gasteiger partial charge in [0, 0.05) is 25.2 Å². The molecule has 1 amide bonds. The van der Waals surface area contributed by atoms with Gasteiger partial charge in [0.2, 0.25) is 0 Å². The summed E-state index contributed by atoms with van der Waals surface area (Å²) < 4.78 is 6.52. The van der Waals surface area contributed by atoms with Gasteiger partial charge in [-0.25, -0.2) is 4.68 Å². The second-order valence-corrected chi connectivity index (χ2v) is 6.46. The molecular weight excluding hydrogens is 358 g/mol. The van der Waals surface area contributed by atoms with E-state index in [1.807, 2.05) is 18.2 Å². The molecule has 0 saturated heterocycles. The Morgan fingerprint density at radius 3 is 2.36 bits per heavy atom. The summed E-state index contributed by atoms with van der Waals surface area (Å²) in [5.74, 6) is -0.920. The first-order chi connectivity index (χ1) is 13.4. The molecule has 7 nitrogen and oxygen atoms in total. The van der Waals surface area contributed by atoms with Crippen LogP contribution in [0.15, 0.2) is 59.4 Å². The summed E-state index contributed by atoms with van der Waals surface area (Å²) in [5, 5.41) is 5.27. The third-order valence-corrected chi connectivity index (χ3v) is 4.47. The topological polar surface area (TPSA) is 81.5 Å². The number of ether oxygens (including phenoxy) is 1. The summed E-state index contributed by atoms with van der Waals surface area (Å²) in [5.41, 5.74) is 0.903. The molecule has 3 aromatic rings. The number of para-hydroxylation sites is 1. The first-order valence-electron chi connectivity index (χ1n) is 8.85. The van der Waals surface area contributed by atoms with Crippen molar-refractivity contribution < 1.29 is 14.3 Å². The smallest absolute Gasteiger partial charge is 0.312 e. The number of hydrogen-bond acceptors (Lipinski definition) is 5. The number of likely N-dealkylation sites (N-methyl/N-ethyl adjacent to an activating group) is 1. The number of hydrogen-bond donors (Lipinski definition) is 0. The Bertz CT molecular complexity index is 1080. The van der Waals surface area contributed by atoms with Gasteiger partial charge in [-0.05, 0) is 25.1 Å². The zero-order valence-corrected chi connectivity index (χ0v) is 16.0. The van der Waals surface area contributed by atoms with E-state index in [-0.39, 0.29) is 17.9 Å². The Balaban J connectivity index is 1.74. The number of fused-ring (bicyclic) bond motifs is 1. The number of anilines is 1. The molecule has 1 heterocycles. The van der Waals surface area contributed by atoms with E-state index < -0.39 is 12.1 Å². The van der Waals surface area contributed by atoms with Crippen LogP contribution in [-0.2, 0) is 27.8 Å². The lowest BCUT2D eigenvalue weighted by Gasteiger charge is -2.21. The molecule has 0 unspecified atom stereocenters. The lowest BCUT2D eigenvalue weighted by molar-refractivity contribution is -0.153. The van der Waals surface area contributed by atoms with Gasteiger partial charge in [-0.1, -0.05) is 36.4 Å². The van der Waals surface area contributed by atoms with Crippen LogP contribution in [0.25, 0.3) is 10.8 Å². The molecule has 28 heavy (non-hydrogen) atoms. The quantitative estimate of drug-likeness (QED) is 0.634. The maximum Gasteiger partial charge on any atom is 0.312 e. The average molecular weight is 379 g/mol. The van der Waals surface area contributed by atoms with E-state index in [0.29, 0.717) is 22.2 Å². The molecule has 0 spiro atoms. The van der Waals surface area contributed by atoms with Crippen molar-refractivity contribution in [1.82, 2.24) is 9.78 Å². The lowest BCUT2D eigenvalue weighted by Crippen LogP contribution is -2.37. The maximum absolute atomic E-state index is 12.5. The highest BCUT2D eigenvalue weighted by molar-refractivity contribution is 5.97. The molecule has 1 atom stereocenters. The molecule has 1 aromatic heterocycles. The van der Waals surface area contributed by atoms with Crippen molar-refractivity contribution in [3.8, 4) is 0 Å². The molecule has 0 aliphatic heterocycles. The Morgan fingerprint density at radius 2 is 1.68 bits per heavy atom. The van der Waals surface area contributed by atoms with Gasteiger partial charge in [-0.15, -0.1) is 0 Å². The van der Waals surface area contributed by atoms with Crippen LogP contribution in [0, 0.1) is 0 Å². The van der Waals surface area contributed by atoms with Crippen LogP contribution in [0.4, 0.5) is 5.69 Å². The van der Waals surface area contributed by atoms with Gasteiger partial charge >= 0.3 is 5.97 Å². The summed E-state index contributed by atoms with van der Waals surface area (Å²) in [4.78, 5) is 38.6. The molecule has 0 radical (unpaired) electrons. The van der Waals surface area contributed by atoms with Crippen molar-refractivity contribution in [2.75, 3.05) is 11.9 Å². The lowest BCUT2D eigenvalue weighted by atomic mass is 10.1. The Morgan fingerprint density at radius 1 is 1.07 bits per heavy atom. The van der Waals surface area contributed by atoms with Crippen LogP contribution in [-0.4, -0.2) is 34.8 Å².